The minimum atomic E-state index is -0.636. The average Bonchev–Trinajstić information content (AvgIpc) is 2.70. The van der Waals surface area contributed by atoms with Gasteiger partial charge in [0.05, 0.1) is 29.0 Å². The first-order valence-electron chi connectivity index (χ1n) is 8.47. The van der Waals surface area contributed by atoms with Crippen molar-refractivity contribution in [2.75, 3.05) is 7.11 Å². The number of hydrogen-bond donors (Lipinski definition) is 2. The number of rotatable bonds is 8. The first-order valence-corrected chi connectivity index (χ1v) is 8.85. The topological polar surface area (TPSA) is 123 Å². The van der Waals surface area contributed by atoms with E-state index < -0.39 is 10.8 Å². The molecular formula is C19H19ClN4O5. The number of nitrogens with zero attached hydrogens (tertiary/aromatic N) is 2. The zero-order valence-electron chi connectivity index (χ0n) is 15.8. The molecule has 2 rings (SSSR count). The van der Waals surface area contributed by atoms with Crippen molar-refractivity contribution in [3.05, 3.63) is 68.7 Å². The highest BCUT2D eigenvalue weighted by atomic mass is 35.5. The normalized spacial score (nSPS) is 10.9. The molecule has 2 aromatic rings. The van der Waals surface area contributed by atoms with E-state index in [4.69, 9.17) is 16.3 Å². The second-order valence-corrected chi connectivity index (χ2v) is 6.42. The number of methoxy groups -OCH3 is 1. The van der Waals surface area contributed by atoms with Crippen molar-refractivity contribution in [2.45, 2.75) is 19.9 Å². The Kier molecular flexibility index (Phi) is 7.67. The van der Waals surface area contributed by atoms with Crippen LogP contribution in [-0.4, -0.2) is 29.6 Å². The predicted octanol–water partition coefficient (Wildman–Crippen LogP) is 3.07. The fraction of sp³-hybridized carbons (Fsp3) is 0.211. The number of carbonyl (C=O) groups excluding carboxylic acids is 2. The van der Waals surface area contributed by atoms with Gasteiger partial charge < -0.3 is 10.1 Å². The van der Waals surface area contributed by atoms with E-state index >= 15 is 0 Å². The quantitative estimate of drug-likeness (QED) is 0.387. The molecule has 0 atom stereocenters. The molecule has 2 N–H and O–H groups in total. The van der Waals surface area contributed by atoms with Crippen molar-refractivity contribution in [1.29, 1.82) is 0 Å². The summed E-state index contributed by atoms with van der Waals surface area (Å²) in [6, 6.07) is 10.8. The van der Waals surface area contributed by atoms with Gasteiger partial charge in [0.15, 0.2) is 0 Å². The Morgan fingerprint density at radius 1 is 1.21 bits per heavy atom. The maximum Gasteiger partial charge on any atom is 0.272 e. The molecule has 2 aromatic carbocycles. The summed E-state index contributed by atoms with van der Waals surface area (Å²) in [6.07, 6.45) is -0.00950. The Labute approximate surface area is 171 Å². The molecule has 0 heterocycles. The molecule has 9 nitrogen and oxygen atoms in total. The largest absolute Gasteiger partial charge is 0.497 e. The lowest BCUT2D eigenvalue weighted by molar-refractivity contribution is -0.384. The molecule has 0 saturated heterocycles. The Morgan fingerprint density at radius 3 is 2.48 bits per heavy atom. The van der Waals surface area contributed by atoms with Gasteiger partial charge in [0.1, 0.15) is 5.75 Å². The van der Waals surface area contributed by atoms with Gasteiger partial charge in [-0.2, -0.15) is 5.10 Å². The number of nitro groups is 1. The van der Waals surface area contributed by atoms with Crippen molar-refractivity contribution < 1.29 is 19.2 Å². The molecule has 0 aliphatic heterocycles. The first kappa shape index (κ1) is 21.8. The average molecular weight is 419 g/mol. The third-order valence-corrected chi connectivity index (χ3v) is 4.13. The maximum atomic E-state index is 12.1. The van der Waals surface area contributed by atoms with Gasteiger partial charge in [-0.15, -0.1) is 0 Å². The molecule has 0 unspecified atom stereocenters. The minimum absolute atomic E-state index is 0.00950. The SMILES string of the molecule is COc1ccc(CNC(=O)C/C(C)=N\NC(=O)c2ccc([N+](=O)[O-])cc2Cl)cc1. The molecule has 2 amide bonds. The first-order chi connectivity index (χ1) is 13.8. The number of carbonyl (C=O) groups is 2. The van der Waals surface area contributed by atoms with Crippen molar-refractivity contribution in [2.24, 2.45) is 5.10 Å². The van der Waals surface area contributed by atoms with Crippen LogP contribution in [0.4, 0.5) is 5.69 Å². The number of nitro benzene ring substituents is 1. The summed E-state index contributed by atoms with van der Waals surface area (Å²) >= 11 is 5.90. The lowest BCUT2D eigenvalue weighted by atomic mass is 10.2. The number of hydrogen-bond acceptors (Lipinski definition) is 6. The summed E-state index contributed by atoms with van der Waals surface area (Å²) in [5, 5.41) is 17.3. The zero-order valence-corrected chi connectivity index (χ0v) is 16.5. The molecule has 0 saturated carbocycles. The van der Waals surface area contributed by atoms with E-state index in [2.05, 4.69) is 15.8 Å². The lowest BCUT2D eigenvalue weighted by Crippen LogP contribution is -2.26. The van der Waals surface area contributed by atoms with E-state index in [1.54, 1.807) is 26.2 Å². The van der Waals surface area contributed by atoms with Gasteiger partial charge in [-0.25, -0.2) is 5.43 Å². The van der Waals surface area contributed by atoms with Gasteiger partial charge in [0.25, 0.3) is 11.6 Å². The number of non-ortho nitro benzene ring substituents is 1. The van der Waals surface area contributed by atoms with Gasteiger partial charge >= 0.3 is 0 Å². The molecule has 0 aliphatic rings. The van der Waals surface area contributed by atoms with E-state index in [1.807, 2.05) is 12.1 Å². The van der Waals surface area contributed by atoms with Crippen molar-refractivity contribution in [3.8, 4) is 5.75 Å². The van der Waals surface area contributed by atoms with Crippen molar-refractivity contribution >= 4 is 34.8 Å². The van der Waals surface area contributed by atoms with Crippen LogP contribution in [0.3, 0.4) is 0 Å². The van der Waals surface area contributed by atoms with Crippen LogP contribution in [0.1, 0.15) is 29.3 Å². The van der Waals surface area contributed by atoms with Gasteiger partial charge in [-0.3, -0.25) is 19.7 Å². The number of halogens is 1. The fourth-order valence-electron chi connectivity index (χ4n) is 2.29. The van der Waals surface area contributed by atoms with Crippen LogP contribution >= 0.6 is 11.6 Å². The van der Waals surface area contributed by atoms with Crippen LogP contribution in [0, 0.1) is 10.1 Å². The summed E-state index contributed by atoms with van der Waals surface area (Å²) in [4.78, 5) is 34.2. The molecule has 0 bridgehead atoms. The minimum Gasteiger partial charge on any atom is -0.497 e. The van der Waals surface area contributed by atoms with E-state index in [0.29, 0.717) is 12.3 Å². The molecule has 0 radical (unpaired) electrons. The predicted molar refractivity (Wildman–Crippen MR) is 108 cm³/mol. The summed E-state index contributed by atoms with van der Waals surface area (Å²) < 4.78 is 5.07. The Balaban J connectivity index is 1.86. The molecule has 0 spiro atoms. The molecule has 10 heteroatoms. The third-order valence-electron chi connectivity index (χ3n) is 3.82. The monoisotopic (exact) mass is 418 g/mol. The van der Waals surface area contributed by atoms with Crippen LogP contribution in [0.5, 0.6) is 5.75 Å². The second kappa shape index (κ2) is 10.2. The highest BCUT2D eigenvalue weighted by molar-refractivity contribution is 6.34. The Bertz CT molecular complexity index is 944. The fourth-order valence-corrected chi connectivity index (χ4v) is 2.55. The van der Waals surface area contributed by atoms with Crippen molar-refractivity contribution in [3.63, 3.8) is 0 Å². The zero-order chi connectivity index (χ0) is 21.4. The molecule has 0 aliphatic carbocycles. The van der Waals surface area contributed by atoms with E-state index in [0.717, 1.165) is 17.4 Å². The van der Waals surface area contributed by atoms with Crippen molar-refractivity contribution in [1.82, 2.24) is 10.7 Å². The molecule has 0 fully saturated rings. The highest BCUT2D eigenvalue weighted by Gasteiger charge is 2.15. The van der Waals surface area contributed by atoms with E-state index in [9.17, 15) is 19.7 Å². The molecule has 0 aromatic heterocycles. The van der Waals surface area contributed by atoms with Gasteiger partial charge in [0.2, 0.25) is 5.91 Å². The van der Waals surface area contributed by atoms with Gasteiger partial charge in [-0.05, 0) is 30.7 Å². The Morgan fingerprint density at radius 2 is 1.90 bits per heavy atom. The van der Waals surface area contributed by atoms with E-state index in [1.165, 1.54) is 12.1 Å². The number of benzene rings is 2. The smallest absolute Gasteiger partial charge is 0.272 e. The maximum absolute atomic E-state index is 12.1. The summed E-state index contributed by atoms with van der Waals surface area (Å²) in [5.74, 6) is -0.167. The van der Waals surface area contributed by atoms with Crippen LogP contribution in [-0.2, 0) is 11.3 Å². The number of nitrogens with one attached hydrogen (secondary N) is 2. The molecule has 29 heavy (non-hydrogen) atoms. The summed E-state index contributed by atoms with van der Waals surface area (Å²) in [7, 11) is 1.58. The number of ether oxygens (including phenoxy) is 1. The second-order valence-electron chi connectivity index (χ2n) is 6.01. The third kappa shape index (κ3) is 6.58. The van der Waals surface area contributed by atoms with Gasteiger partial charge in [0, 0.05) is 24.4 Å². The summed E-state index contributed by atoms with van der Waals surface area (Å²) in [5.41, 5.74) is 3.39. The standard InChI is InChI=1S/C19H19ClN4O5/c1-12(9-18(25)21-11-13-3-6-15(29-2)7-4-13)22-23-19(26)16-8-5-14(24(27)28)10-17(16)20/h3-8,10H,9,11H2,1-2H3,(H,21,25)(H,23,26)/b22-12-. The highest BCUT2D eigenvalue weighted by Crippen LogP contribution is 2.22. The van der Waals surface area contributed by atoms with Crippen LogP contribution in [0.25, 0.3) is 0 Å². The summed E-state index contributed by atoms with van der Waals surface area (Å²) in [6.45, 7) is 1.94. The van der Waals surface area contributed by atoms with Gasteiger partial charge in [-0.1, -0.05) is 23.7 Å². The molecular weight excluding hydrogens is 400 g/mol. The van der Waals surface area contributed by atoms with Crippen LogP contribution in [0.2, 0.25) is 5.02 Å². The number of amides is 2. The number of hydrazone groups is 1. The molecule has 152 valence electrons. The van der Waals surface area contributed by atoms with E-state index in [-0.39, 0.29) is 28.6 Å². The van der Waals surface area contributed by atoms with Crippen LogP contribution in [0.15, 0.2) is 47.6 Å². The Hall–Kier alpha value is -3.46. The lowest BCUT2D eigenvalue weighted by Gasteiger charge is -2.07. The van der Waals surface area contributed by atoms with Crippen LogP contribution < -0.4 is 15.5 Å².